The van der Waals surface area contributed by atoms with E-state index < -0.39 is 11.7 Å². The van der Waals surface area contributed by atoms with Gasteiger partial charge in [0.05, 0.1) is 11.7 Å². The number of piperazine rings is 1. The van der Waals surface area contributed by atoms with E-state index in [2.05, 4.69) is 44.6 Å². The van der Waals surface area contributed by atoms with Crippen LogP contribution in [0.4, 0.5) is 33.2 Å². The number of rotatable bonds is 4. The Hall–Kier alpha value is -3.43. The number of hydrogen-bond acceptors (Lipinski definition) is 7. The molecule has 10 heteroatoms. The first kappa shape index (κ1) is 22.4. The minimum Gasteiger partial charge on any atom is -0.369 e. The van der Waals surface area contributed by atoms with Gasteiger partial charge in [-0.3, -0.25) is 9.69 Å². The fraction of sp³-hybridized carbons (Fsp3) is 0.292. The average molecular weight is 482 g/mol. The first-order valence-corrected chi connectivity index (χ1v) is 11.5. The molecule has 3 aromatic rings. The van der Waals surface area contributed by atoms with Crippen LogP contribution >= 0.6 is 11.6 Å². The summed E-state index contributed by atoms with van der Waals surface area (Å²) >= 11 is 6.19. The van der Waals surface area contributed by atoms with Crippen LogP contribution in [0.1, 0.15) is 17.3 Å². The number of anilines is 5. The molecule has 1 fully saturated rings. The van der Waals surface area contributed by atoms with E-state index in [1.54, 1.807) is 18.0 Å². The Morgan fingerprint density at radius 3 is 2.74 bits per heavy atom. The van der Waals surface area contributed by atoms with Crippen molar-refractivity contribution in [3.8, 4) is 0 Å². The summed E-state index contributed by atoms with van der Waals surface area (Å²) in [5.74, 6) is -0.117. The van der Waals surface area contributed by atoms with Crippen LogP contribution in [0.3, 0.4) is 0 Å². The van der Waals surface area contributed by atoms with Crippen molar-refractivity contribution in [1.29, 1.82) is 0 Å². The molecule has 5 rings (SSSR count). The second-order valence-electron chi connectivity index (χ2n) is 8.55. The van der Waals surface area contributed by atoms with Crippen LogP contribution in [-0.2, 0) is 0 Å². The average Bonchev–Trinajstić information content (AvgIpc) is 2.82. The monoisotopic (exact) mass is 481 g/mol. The molecule has 34 heavy (non-hydrogen) atoms. The second kappa shape index (κ2) is 9.08. The maximum Gasteiger partial charge on any atom is 0.265 e. The number of hydrogen-bond donors (Lipinski definition) is 2. The normalized spacial score (nSPS) is 18.2. The molecule has 1 atom stereocenters. The molecule has 1 amide bonds. The minimum atomic E-state index is -0.560. The van der Waals surface area contributed by atoms with E-state index in [9.17, 15) is 9.18 Å². The first-order valence-electron chi connectivity index (χ1n) is 11.1. The summed E-state index contributed by atoms with van der Waals surface area (Å²) in [5, 5.41) is 6.82. The van der Waals surface area contributed by atoms with Gasteiger partial charge in [-0.2, -0.15) is 4.98 Å². The van der Waals surface area contributed by atoms with E-state index in [1.807, 2.05) is 12.1 Å². The van der Waals surface area contributed by atoms with Gasteiger partial charge in [-0.15, -0.1) is 0 Å². The van der Waals surface area contributed by atoms with Gasteiger partial charge in [0.25, 0.3) is 5.91 Å². The smallest absolute Gasteiger partial charge is 0.265 e. The van der Waals surface area contributed by atoms with Crippen molar-refractivity contribution in [2.24, 2.45) is 0 Å². The van der Waals surface area contributed by atoms with Gasteiger partial charge in [0.2, 0.25) is 5.95 Å². The number of benzene rings is 2. The van der Waals surface area contributed by atoms with Gasteiger partial charge in [0, 0.05) is 50.3 Å². The van der Waals surface area contributed by atoms with E-state index in [0.717, 1.165) is 25.3 Å². The molecular formula is C24H25ClFN7O. The van der Waals surface area contributed by atoms with Gasteiger partial charge in [0.15, 0.2) is 0 Å². The Kier molecular flexibility index (Phi) is 5.97. The largest absolute Gasteiger partial charge is 0.369 e. The highest BCUT2D eigenvalue weighted by atomic mass is 35.5. The molecule has 0 saturated carbocycles. The van der Waals surface area contributed by atoms with Crippen molar-refractivity contribution in [3.05, 3.63) is 65.1 Å². The number of nitrogens with one attached hydrogen (secondary N) is 2. The lowest BCUT2D eigenvalue weighted by molar-refractivity contribution is 0.0981. The fourth-order valence-electron chi connectivity index (χ4n) is 4.33. The summed E-state index contributed by atoms with van der Waals surface area (Å²) < 4.78 is 14.4. The van der Waals surface area contributed by atoms with Crippen LogP contribution in [0.25, 0.3) is 0 Å². The SMILES string of the molecule is C[C@@H]1CN(c2ccc(Nc3ncc4c(n3)N(C)CN(c3c(F)cccc3Cl)C4=O)cc2)CCN1. The summed E-state index contributed by atoms with van der Waals surface area (Å²) in [6.45, 7) is 5.20. The van der Waals surface area contributed by atoms with Gasteiger partial charge in [-0.1, -0.05) is 17.7 Å². The third kappa shape index (κ3) is 4.24. The highest BCUT2D eigenvalue weighted by Crippen LogP contribution is 2.34. The van der Waals surface area contributed by atoms with E-state index in [-0.39, 0.29) is 22.9 Å². The van der Waals surface area contributed by atoms with Gasteiger partial charge < -0.3 is 20.4 Å². The predicted molar refractivity (Wildman–Crippen MR) is 133 cm³/mol. The van der Waals surface area contributed by atoms with Crippen molar-refractivity contribution in [1.82, 2.24) is 15.3 Å². The third-order valence-corrected chi connectivity index (χ3v) is 6.33. The van der Waals surface area contributed by atoms with E-state index in [4.69, 9.17) is 11.6 Å². The van der Waals surface area contributed by atoms with Crippen LogP contribution < -0.4 is 25.3 Å². The number of para-hydroxylation sites is 1. The van der Waals surface area contributed by atoms with Crippen molar-refractivity contribution in [2.45, 2.75) is 13.0 Å². The van der Waals surface area contributed by atoms with Gasteiger partial charge in [0.1, 0.15) is 22.9 Å². The maximum absolute atomic E-state index is 14.4. The van der Waals surface area contributed by atoms with Crippen LogP contribution in [-0.4, -0.2) is 55.3 Å². The number of nitrogens with zero attached hydrogens (tertiary/aromatic N) is 5. The molecule has 1 saturated heterocycles. The molecule has 0 aliphatic carbocycles. The fourth-order valence-corrected chi connectivity index (χ4v) is 4.60. The molecule has 1 aromatic heterocycles. The molecule has 0 unspecified atom stereocenters. The Morgan fingerprint density at radius 1 is 1.21 bits per heavy atom. The maximum atomic E-state index is 14.4. The van der Waals surface area contributed by atoms with E-state index in [0.29, 0.717) is 17.8 Å². The number of aromatic nitrogens is 2. The minimum absolute atomic E-state index is 0.0489. The molecule has 2 aromatic carbocycles. The molecular weight excluding hydrogens is 457 g/mol. The molecule has 176 valence electrons. The standard InChI is InChI=1S/C24H25ClFN7O/c1-15-13-32(11-10-27-15)17-8-6-16(7-9-17)29-24-28-12-18-22(30-24)31(2)14-33(23(18)34)21-19(25)4-3-5-20(21)26/h3-9,12,15,27H,10-11,13-14H2,1-2H3,(H,28,29,30)/t15-/m1/s1. The second-order valence-corrected chi connectivity index (χ2v) is 8.95. The summed E-state index contributed by atoms with van der Waals surface area (Å²) in [6.07, 6.45) is 1.46. The highest BCUT2D eigenvalue weighted by Gasteiger charge is 2.33. The zero-order valence-electron chi connectivity index (χ0n) is 18.9. The van der Waals surface area contributed by atoms with Gasteiger partial charge in [-0.05, 0) is 43.3 Å². The number of carbonyl (C=O) groups is 1. The molecule has 3 heterocycles. The first-order chi connectivity index (χ1) is 16.4. The topological polar surface area (TPSA) is 76.6 Å². The Bertz CT molecular complexity index is 1200. The summed E-state index contributed by atoms with van der Waals surface area (Å²) in [4.78, 5) is 27.4. The van der Waals surface area contributed by atoms with Crippen LogP contribution in [0.5, 0.6) is 0 Å². The van der Waals surface area contributed by atoms with E-state index >= 15 is 0 Å². The van der Waals surface area contributed by atoms with Crippen LogP contribution in [0, 0.1) is 5.82 Å². The van der Waals surface area contributed by atoms with E-state index in [1.165, 1.54) is 28.9 Å². The molecule has 8 nitrogen and oxygen atoms in total. The van der Waals surface area contributed by atoms with Gasteiger partial charge >= 0.3 is 0 Å². The molecule has 2 N–H and O–H groups in total. The zero-order chi connectivity index (χ0) is 23.8. The third-order valence-electron chi connectivity index (χ3n) is 6.02. The Balaban J connectivity index is 1.35. The molecule has 0 spiro atoms. The molecule has 2 aliphatic rings. The molecule has 0 radical (unpaired) electrons. The van der Waals surface area contributed by atoms with Crippen molar-refractivity contribution in [2.75, 3.05) is 53.4 Å². The summed E-state index contributed by atoms with van der Waals surface area (Å²) in [7, 11) is 1.78. The van der Waals surface area contributed by atoms with Crippen molar-refractivity contribution < 1.29 is 9.18 Å². The molecule has 2 aliphatic heterocycles. The van der Waals surface area contributed by atoms with Crippen LogP contribution in [0.2, 0.25) is 5.02 Å². The highest BCUT2D eigenvalue weighted by molar-refractivity contribution is 6.34. The van der Waals surface area contributed by atoms with Crippen LogP contribution in [0.15, 0.2) is 48.7 Å². The quantitative estimate of drug-likeness (QED) is 0.586. The lowest BCUT2D eigenvalue weighted by atomic mass is 10.2. The Labute approximate surface area is 202 Å². The summed E-state index contributed by atoms with van der Waals surface area (Å²) in [6, 6.07) is 12.9. The number of fused-ring (bicyclic) bond motifs is 1. The summed E-state index contributed by atoms with van der Waals surface area (Å²) in [5.41, 5.74) is 2.34. The molecule has 0 bridgehead atoms. The Morgan fingerprint density at radius 2 is 2.00 bits per heavy atom. The number of amides is 1. The van der Waals surface area contributed by atoms with Crippen molar-refractivity contribution in [3.63, 3.8) is 0 Å². The predicted octanol–water partition coefficient (Wildman–Crippen LogP) is 3.86. The lowest BCUT2D eigenvalue weighted by Gasteiger charge is -2.35. The van der Waals surface area contributed by atoms with Gasteiger partial charge in [-0.25, -0.2) is 9.37 Å². The number of halogens is 2. The number of carbonyl (C=O) groups excluding carboxylic acids is 1. The van der Waals surface area contributed by atoms with Crippen molar-refractivity contribution >= 4 is 46.3 Å². The lowest BCUT2D eigenvalue weighted by Crippen LogP contribution is -2.49. The zero-order valence-corrected chi connectivity index (χ0v) is 19.7.